The molecule has 0 saturated heterocycles. The molecule has 0 saturated carbocycles. The molecular weight excluding hydrogens is 314 g/mol. The Morgan fingerprint density at radius 2 is 1.64 bits per heavy atom. The van der Waals surface area contributed by atoms with Gasteiger partial charge in [-0.3, -0.25) is 10.1 Å². The van der Waals surface area contributed by atoms with Gasteiger partial charge in [-0.05, 0) is 30.7 Å². The number of nitrogens with one attached hydrogen (secondary N) is 1. The maximum absolute atomic E-state index is 10.8. The van der Waals surface area contributed by atoms with Crippen molar-refractivity contribution in [2.24, 2.45) is 0 Å². The van der Waals surface area contributed by atoms with Crippen LogP contribution in [-0.4, -0.2) is 9.91 Å². The molecule has 0 atom stereocenters. The number of aromatic nitrogens is 1. The second-order valence-corrected chi connectivity index (χ2v) is 5.90. The zero-order valence-corrected chi connectivity index (χ0v) is 13.6. The smallest absolute Gasteiger partial charge is 0.269 e. The fourth-order valence-corrected chi connectivity index (χ4v) is 3.00. The number of nitrogens with zero attached hydrogens (tertiary/aromatic N) is 2. The van der Waals surface area contributed by atoms with Crippen LogP contribution in [0.1, 0.15) is 5.56 Å². The average molecular weight is 329 g/mol. The normalized spacial score (nSPS) is 10.9. The third-order valence-electron chi connectivity index (χ3n) is 4.26. The maximum Gasteiger partial charge on any atom is 0.269 e. The van der Waals surface area contributed by atoms with Gasteiger partial charge >= 0.3 is 0 Å². The van der Waals surface area contributed by atoms with Crippen LogP contribution in [0.5, 0.6) is 0 Å². The molecule has 0 unspecified atom stereocenters. The number of aryl methyl sites for hydroxylation is 1. The first-order valence-corrected chi connectivity index (χ1v) is 7.93. The summed E-state index contributed by atoms with van der Waals surface area (Å²) in [7, 11) is 0. The molecule has 0 aliphatic heterocycles. The van der Waals surface area contributed by atoms with Gasteiger partial charge in [-0.15, -0.1) is 0 Å². The van der Waals surface area contributed by atoms with Crippen molar-refractivity contribution in [2.75, 3.05) is 5.32 Å². The lowest BCUT2D eigenvalue weighted by molar-refractivity contribution is -0.384. The third-order valence-corrected chi connectivity index (χ3v) is 4.26. The molecule has 4 rings (SSSR count). The van der Waals surface area contributed by atoms with Gasteiger partial charge in [0.15, 0.2) is 0 Å². The highest BCUT2D eigenvalue weighted by Crippen LogP contribution is 2.34. The van der Waals surface area contributed by atoms with E-state index >= 15 is 0 Å². The van der Waals surface area contributed by atoms with E-state index in [1.54, 1.807) is 12.1 Å². The monoisotopic (exact) mass is 329 g/mol. The summed E-state index contributed by atoms with van der Waals surface area (Å²) in [6.07, 6.45) is 0. The van der Waals surface area contributed by atoms with E-state index in [4.69, 9.17) is 4.98 Å². The predicted molar refractivity (Wildman–Crippen MR) is 100 cm³/mol. The molecular formula is C20H15N3O2. The van der Waals surface area contributed by atoms with Crippen molar-refractivity contribution in [2.45, 2.75) is 6.92 Å². The summed E-state index contributed by atoms with van der Waals surface area (Å²) in [5.74, 6) is 0. The van der Waals surface area contributed by atoms with Crippen LogP contribution in [0, 0.1) is 17.0 Å². The molecule has 0 spiro atoms. The molecule has 0 amide bonds. The third kappa shape index (κ3) is 2.65. The molecule has 0 bridgehead atoms. The Balaban J connectivity index is 1.92. The Morgan fingerprint density at radius 1 is 0.920 bits per heavy atom. The highest BCUT2D eigenvalue weighted by Gasteiger charge is 2.11. The Kier molecular flexibility index (Phi) is 3.54. The Labute approximate surface area is 144 Å². The second-order valence-electron chi connectivity index (χ2n) is 5.90. The lowest BCUT2D eigenvalue weighted by Gasteiger charge is -2.14. The van der Waals surface area contributed by atoms with E-state index in [9.17, 15) is 10.1 Å². The molecule has 5 nitrogen and oxygen atoms in total. The molecule has 3 aromatic carbocycles. The first-order valence-electron chi connectivity index (χ1n) is 7.93. The van der Waals surface area contributed by atoms with Crippen LogP contribution < -0.4 is 5.32 Å². The first kappa shape index (κ1) is 15.1. The van der Waals surface area contributed by atoms with E-state index in [0.717, 1.165) is 38.7 Å². The van der Waals surface area contributed by atoms with Crippen molar-refractivity contribution in [1.29, 1.82) is 0 Å². The molecule has 5 heteroatoms. The fraction of sp³-hybridized carbons (Fsp3) is 0.0500. The van der Waals surface area contributed by atoms with Crippen molar-refractivity contribution in [3.8, 4) is 0 Å². The number of hydrogen-bond donors (Lipinski definition) is 1. The number of anilines is 2. The number of non-ortho nitro benzene ring substituents is 1. The zero-order valence-electron chi connectivity index (χ0n) is 13.6. The van der Waals surface area contributed by atoms with Crippen molar-refractivity contribution in [1.82, 2.24) is 4.98 Å². The lowest BCUT2D eigenvalue weighted by Crippen LogP contribution is -1.96. The Bertz CT molecular complexity index is 1110. The zero-order chi connectivity index (χ0) is 17.4. The van der Waals surface area contributed by atoms with Gasteiger partial charge in [-0.1, -0.05) is 36.4 Å². The molecule has 0 aliphatic carbocycles. The molecule has 1 N–H and O–H groups in total. The van der Waals surface area contributed by atoms with E-state index in [0.29, 0.717) is 0 Å². The van der Waals surface area contributed by atoms with Crippen LogP contribution in [0.3, 0.4) is 0 Å². The standard InChI is InChI=1S/C20H15N3O2/c1-13-5-4-7-17-19(13)22-18-8-3-2-6-16(18)20(17)21-14-9-11-15(12-10-14)23(24)25/h2-12H,1H3,(H,21,22). The van der Waals surface area contributed by atoms with Crippen LogP contribution in [0.25, 0.3) is 21.8 Å². The number of fused-ring (bicyclic) bond motifs is 2. The molecule has 0 radical (unpaired) electrons. The SMILES string of the molecule is Cc1cccc2c(Nc3ccc([N+](=O)[O-])cc3)c3ccccc3nc12. The van der Waals surface area contributed by atoms with Crippen molar-refractivity contribution in [3.05, 3.63) is 82.4 Å². The van der Waals surface area contributed by atoms with Gasteiger partial charge in [-0.25, -0.2) is 4.98 Å². The molecule has 1 aromatic heterocycles. The van der Waals surface area contributed by atoms with Gasteiger partial charge in [0.2, 0.25) is 0 Å². The van der Waals surface area contributed by atoms with E-state index in [1.165, 1.54) is 12.1 Å². The number of nitro benzene ring substituents is 1. The lowest BCUT2D eigenvalue weighted by atomic mass is 10.0. The molecule has 25 heavy (non-hydrogen) atoms. The van der Waals surface area contributed by atoms with Crippen LogP contribution in [-0.2, 0) is 0 Å². The summed E-state index contributed by atoms with van der Waals surface area (Å²) >= 11 is 0. The summed E-state index contributed by atoms with van der Waals surface area (Å²) in [6, 6.07) is 20.5. The van der Waals surface area contributed by atoms with Gasteiger partial charge < -0.3 is 5.32 Å². The minimum absolute atomic E-state index is 0.0749. The van der Waals surface area contributed by atoms with Gasteiger partial charge in [0.05, 0.1) is 21.6 Å². The van der Waals surface area contributed by atoms with Gasteiger partial charge in [0, 0.05) is 28.6 Å². The highest BCUT2D eigenvalue weighted by atomic mass is 16.6. The summed E-state index contributed by atoms with van der Waals surface area (Å²) < 4.78 is 0. The van der Waals surface area contributed by atoms with E-state index in [1.807, 2.05) is 49.4 Å². The minimum atomic E-state index is -0.398. The molecule has 0 fully saturated rings. The van der Waals surface area contributed by atoms with Crippen LogP contribution >= 0.6 is 0 Å². The van der Waals surface area contributed by atoms with E-state index < -0.39 is 4.92 Å². The Hall–Kier alpha value is -3.47. The number of rotatable bonds is 3. The second kappa shape index (κ2) is 5.87. The summed E-state index contributed by atoms with van der Waals surface area (Å²) in [5.41, 5.74) is 4.79. The quantitative estimate of drug-likeness (QED) is 0.312. The van der Waals surface area contributed by atoms with E-state index in [2.05, 4.69) is 5.32 Å². The predicted octanol–water partition coefficient (Wildman–Crippen LogP) is 5.35. The average Bonchev–Trinajstić information content (AvgIpc) is 2.63. The van der Waals surface area contributed by atoms with Crippen molar-refractivity contribution < 1.29 is 4.92 Å². The Morgan fingerprint density at radius 3 is 2.40 bits per heavy atom. The van der Waals surface area contributed by atoms with Crippen LogP contribution in [0.4, 0.5) is 17.1 Å². The van der Waals surface area contributed by atoms with E-state index in [-0.39, 0.29) is 5.69 Å². The van der Waals surface area contributed by atoms with Gasteiger partial charge in [0.1, 0.15) is 0 Å². The number of para-hydroxylation sites is 2. The number of benzene rings is 3. The number of pyridine rings is 1. The number of nitro groups is 1. The van der Waals surface area contributed by atoms with Crippen LogP contribution in [0.15, 0.2) is 66.7 Å². The molecule has 122 valence electrons. The highest BCUT2D eigenvalue weighted by molar-refractivity contribution is 6.09. The summed E-state index contributed by atoms with van der Waals surface area (Å²) in [4.78, 5) is 15.2. The number of hydrogen-bond acceptors (Lipinski definition) is 4. The fourth-order valence-electron chi connectivity index (χ4n) is 3.00. The largest absolute Gasteiger partial charge is 0.354 e. The van der Waals surface area contributed by atoms with Crippen molar-refractivity contribution in [3.63, 3.8) is 0 Å². The molecule has 1 heterocycles. The van der Waals surface area contributed by atoms with Crippen LogP contribution in [0.2, 0.25) is 0 Å². The minimum Gasteiger partial charge on any atom is -0.354 e. The van der Waals surface area contributed by atoms with Gasteiger partial charge in [-0.2, -0.15) is 0 Å². The van der Waals surface area contributed by atoms with Gasteiger partial charge in [0.25, 0.3) is 5.69 Å². The first-order chi connectivity index (χ1) is 12.1. The summed E-state index contributed by atoms with van der Waals surface area (Å²) in [5, 5.41) is 16.3. The maximum atomic E-state index is 10.8. The topological polar surface area (TPSA) is 68.1 Å². The van der Waals surface area contributed by atoms with Crippen molar-refractivity contribution >= 4 is 38.9 Å². The molecule has 0 aliphatic rings. The molecule has 4 aromatic rings. The summed E-state index contributed by atoms with van der Waals surface area (Å²) in [6.45, 7) is 2.04.